The molecule has 40 heavy (non-hydrogen) atoms. The number of imidazole rings is 1. The van der Waals surface area contributed by atoms with E-state index in [2.05, 4.69) is 31.4 Å². The highest BCUT2D eigenvalue weighted by atomic mass is 19.1. The van der Waals surface area contributed by atoms with Gasteiger partial charge in [0.15, 0.2) is 0 Å². The van der Waals surface area contributed by atoms with Crippen molar-refractivity contribution in [3.8, 4) is 11.3 Å². The lowest BCUT2D eigenvalue weighted by Crippen LogP contribution is -2.53. The molecule has 0 aliphatic rings. The molecule has 0 aliphatic carbocycles. The number of amides is 2. The van der Waals surface area contributed by atoms with Gasteiger partial charge in [-0.3, -0.25) is 14.6 Å². The molecule has 0 unspecified atom stereocenters. The van der Waals surface area contributed by atoms with Crippen molar-refractivity contribution in [3.63, 3.8) is 0 Å². The molecule has 1 N–H and O–H groups in total. The van der Waals surface area contributed by atoms with Crippen molar-refractivity contribution in [2.45, 2.75) is 33.2 Å². The Bertz CT molecular complexity index is 1740. The highest BCUT2D eigenvalue weighted by Gasteiger charge is 2.34. The summed E-state index contributed by atoms with van der Waals surface area (Å²) < 4.78 is 16.9. The number of halogens is 1. The zero-order valence-electron chi connectivity index (χ0n) is 23.0. The molecule has 0 saturated carbocycles. The number of aromatic nitrogens is 5. The van der Waals surface area contributed by atoms with Crippen LogP contribution >= 0.6 is 0 Å². The largest absolute Gasteiger partial charge is 0.347 e. The van der Waals surface area contributed by atoms with E-state index in [0.717, 1.165) is 22.2 Å². The molecule has 0 bridgehead atoms. The second-order valence-electron chi connectivity index (χ2n) is 11.0. The molecule has 1 atom stereocenters. The first-order chi connectivity index (χ1) is 19.0. The molecule has 5 aromatic rings. The minimum atomic E-state index is -0.819. The predicted octanol–water partition coefficient (Wildman–Crippen LogP) is 4.30. The zero-order chi connectivity index (χ0) is 28.6. The van der Waals surface area contributed by atoms with E-state index in [9.17, 15) is 9.59 Å². The zero-order valence-corrected chi connectivity index (χ0v) is 23.0. The third-order valence-corrected chi connectivity index (χ3v) is 6.69. The second kappa shape index (κ2) is 10.4. The predicted molar refractivity (Wildman–Crippen MR) is 150 cm³/mol. The van der Waals surface area contributed by atoms with Crippen LogP contribution in [-0.2, 0) is 11.2 Å². The number of hydrogen-bond donors (Lipinski definition) is 1. The summed E-state index contributed by atoms with van der Waals surface area (Å²) in [4.78, 5) is 40.2. The maximum atomic E-state index is 15.2. The highest BCUT2D eigenvalue weighted by molar-refractivity contribution is 5.98. The van der Waals surface area contributed by atoms with E-state index in [-0.39, 0.29) is 11.5 Å². The number of nitrogens with zero attached hydrogens (tertiary/aromatic N) is 6. The Morgan fingerprint density at radius 1 is 1.02 bits per heavy atom. The van der Waals surface area contributed by atoms with Crippen LogP contribution in [0.4, 0.5) is 4.39 Å². The number of benzene rings is 2. The first-order valence-corrected chi connectivity index (χ1v) is 12.9. The lowest BCUT2D eigenvalue weighted by molar-refractivity contribution is -0.133. The number of likely N-dealkylation sites (N-methyl/N-ethyl adjacent to an activating group) is 1. The summed E-state index contributed by atoms with van der Waals surface area (Å²) in [6, 6.07) is 13.4. The van der Waals surface area contributed by atoms with E-state index < -0.39 is 23.2 Å². The van der Waals surface area contributed by atoms with E-state index >= 15 is 4.39 Å². The van der Waals surface area contributed by atoms with Crippen molar-refractivity contribution in [2.75, 3.05) is 14.1 Å². The van der Waals surface area contributed by atoms with Crippen molar-refractivity contribution < 1.29 is 14.0 Å². The fraction of sp³-hybridized carbons (Fsp3) is 0.267. The molecule has 0 aliphatic heterocycles. The highest BCUT2D eigenvalue weighted by Crippen LogP contribution is 2.24. The number of carbonyl (C=O) groups excluding carboxylic acids is 2. The van der Waals surface area contributed by atoms with E-state index in [1.807, 2.05) is 45.0 Å². The lowest BCUT2D eigenvalue weighted by atomic mass is 9.85. The maximum Gasteiger partial charge on any atom is 0.254 e. The van der Waals surface area contributed by atoms with Gasteiger partial charge in [0.25, 0.3) is 11.7 Å². The normalized spacial score (nSPS) is 12.4. The van der Waals surface area contributed by atoms with Gasteiger partial charge < -0.3 is 10.2 Å². The summed E-state index contributed by atoms with van der Waals surface area (Å²) in [7, 11) is 3.23. The molecule has 9 nitrogen and oxygen atoms in total. The minimum absolute atomic E-state index is 0.160. The second-order valence-corrected chi connectivity index (χ2v) is 11.0. The van der Waals surface area contributed by atoms with Gasteiger partial charge in [-0.15, -0.1) is 0 Å². The SMILES string of the molecule is CN(C)C(=O)[C@@H](NC(=O)c1ccc(-c2cnc3ncc(Cc4ccc5ncccc5c4)n3n2)cc1F)C(C)(C)C. The Hall–Kier alpha value is -4.73. The molecule has 3 heterocycles. The van der Waals surface area contributed by atoms with Crippen LogP contribution in [0, 0.1) is 11.2 Å². The molecular formula is C30H30FN7O2. The van der Waals surface area contributed by atoms with Crippen molar-refractivity contribution in [1.29, 1.82) is 0 Å². The summed E-state index contributed by atoms with van der Waals surface area (Å²) >= 11 is 0. The van der Waals surface area contributed by atoms with Gasteiger partial charge in [-0.2, -0.15) is 5.10 Å². The topological polar surface area (TPSA) is 105 Å². The van der Waals surface area contributed by atoms with Gasteiger partial charge in [0.1, 0.15) is 17.6 Å². The van der Waals surface area contributed by atoms with Crippen LogP contribution < -0.4 is 5.32 Å². The van der Waals surface area contributed by atoms with Crippen LogP contribution in [0.15, 0.2) is 67.1 Å². The average Bonchev–Trinajstić information content (AvgIpc) is 3.32. The Balaban J connectivity index is 1.40. The summed E-state index contributed by atoms with van der Waals surface area (Å²) in [5.74, 6) is -1.23. The van der Waals surface area contributed by atoms with Gasteiger partial charge in [-0.25, -0.2) is 18.9 Å². The van der Waals surface area contributed by atoms with E-state index in [1.54, 1.807) is 37.1 Å². The Kier molecular flexibility index (Phi) is 7.01. The minimum Gasteiger partial charge on any atom is -0.347 e. The summed E-state index contributed by atoms with van der Waals surface area (Å²) in [6.45, 7) is 5.53. The lowest BCUT2D eigenvalue weighted by Gasteiger charge is -2.32. The van der Waals surface area contributed by atoms with Gasteiger partial charge in [0.05, 0.1) is 29.2 Å². The number of pyridine rings is 1. The van der Waals surface area contributed by atoms with E-state index in [0.29, 0.717) is 23.5 Å². The van der Waals surface area contributed by atoms with Crippen molar-refractivity contribution in [2.24, 2.45) is 5.41 Å². The fourth-order valence-corrected chi connectivity index (χ4v) is 4.49. The first kappa shape index (κ1) is 26.9. The molecule has 0 spiro atoms. The van der Waals surface area contributed by atoms with Crippen molar-refractivity contribution >= 4 is 28.5 Å². The number of hydrogen-bond acceptors (Lipinski definition) is 6. The van der Waals surface area contributed by atoms with Crippen LogP contribution in [0.2, 0.25) is 0 Å². The maximum absolute atomic E-state index is 15.2. The third kappa shape index (κ3) is 5.38. The molecule has 5 rings (SSSR count). The van der Waals surface area contributed by atoms with E-state index in [1.165, 1.54) is 23.2 Å². The van der Waals surface area contributed by atoms with Crippen molar-refractivity contribution in [1.82, 2.24) is 34.8 Å². The Morgan fingerprint density at radius 2 is 1.80 bits per heavy atom. The fourth-order valence-electron chi connectivity index (χ4n) is 4.49. The molecule has 2 aromatic carbocycles. The van der Waals surface area contributed by atoms with E-state index in [4.69, 9.17) is 0 Å². The molecule has 2 amide bonds. The van der Waals surface area contributed by atoms with Gasteiger partial charge in [-0.05, 0) is 41.3 Å². The standard InChI is InChI=1S/C30H30FN7O2/c1-30(2,3)26(28(40)37(4)5)35-27(39)22-10-9-20(15-23(22)31)25-17-34-29-33-16-21(38(29)36-25)14-18-8-11-24-19(13-18)7-6-12-32-24/h6-13,15-17,26H,14H2,1-5H3,(H,35,39)/t26-/m1/s1. The quantitative estimate of drug-likeness (QED) is 0.345. The smallest absolute Gasteiger partial charge is 0.254 e. The summed E-state index contributed by atoms with van der Waals surface area (Å²) in [6.07, 6.45) is 5.58. The van der Waals surface area contributed by atoms with Crippen LogP contribution in [0.1, 0.15) is 42.4 Å². The summed E-state index contributed by atoms with van der Waals surface area (Å²) in [5.41, 5.74) is 2.97. The van der Waals surface area contributed by atoms with Gasteiger partial charge >= 0.3 is 0 Å². The number of carbonyl (C=O) groups is 2. The van der Waals surface area contributed by atoms with Gasteiger partial charge in [0, 0.05) is 37.7 Å². The monoisotopic (exact) mass is 539 g/mol. The molecular weight excluding hydrogens is 509 g/mol. The number of nitrogens with one attached hydrogen (secondary N) is 1. The first-order valence-electron chi connectivity index (χ1n) is 12.9. The number of rotatable bonds is 6. The Labute approximate surface area is 231 Å². The number of fused-ring (bicyclic) bond motifs is 2. The molecule has 3 aromatic heterocycles. The van der Waals surface area contributed by atoms with Crippen LogP contribution in [0.25, 0.3) is 27.9 Å². The third-order valence-electron chi connectivity index (χ3n) is 6.69. The molecule has 0 saturated heterocycles. The van der Waals surface area contributed by atoms with Crippen LogP contribution in [0.3, 0.4) is 0 Å². The molecule has 10 heteroatoms. The Morgan fingerprint density at radius 3 is 2.52 bits per heavy atom. The van der Waals surface area contributed by atoms with Crippen LogP contribution in [-0.4, -0.2) is 61.4 Å². The van der Waals surface area contributed by atoms with Gasteiger partial charge in [-0.1, -0.05) is 39.0 Å². The van der Waals surface area contributed by atoms with Crippen molar-refractivity contribution in [3.05, 3.63) is 89.8 Å². The van der Waals surface area contributed by atoms with Gasteiger partial charge in [0.2, 0.25) is 5.91 Å². The molecule has 204 valence electrons. The average molecular weight is 540 g/mol. The van der Waals surface area contributed by atoms with Crippen LogP contribution in [0.5, 0.6) is 0 Å². The molecule has 0 radical (unpaired) electrons. The molecule has 0 fully saturated rings. The summed E-state index contributed by atoms with van der Waals surface area (Å²) in [5, 5.41) is 8.41.